The van der Waals surface area contributed by atoms with Gasteiger partial charge in [-0.15, -0.1) is 0 Å². The first-order valence-electron chi connectivity index (χ1n) is 7.63. The minimum absolute atomic E-state index is 0.0446. The molecular weight excluding hydrogens is 306 g/mol. The Hall–Kier alpha value is -2.02. The third kappa shape index (κ3) is 4.04. The number of likely N-dealkylation sites (N-methyl/N-ethyl adjacent to an activating group) is 1. The Morgan fingerprint density at radius 2 is 1.83 bits per heavy atom. The van der Waals surface area contributed by atoms with E-state index in [1.54, 1.807) is 0 Å². The highest BCUT2D eigenvalue weighted by Crippen LogP contribution is 2.21. The smallest absolute Gasteiger partial charge is 0.317 e. The summed E-state index contributed by atoms with van der Waals surface area (Å²) in [5.41, 5.74) is -0.524. The monoisotopic (exact) mass is 326 g/mol. The average Bonchev–Trinajstić information content (AvgIpc) is 2.52. The molecule has 0 spiro atoms. The molecule has 0 atom stereocenters. The van der Waals surface area contributed by atoms with Crippen molar-refractivity contribution in [3.05, 3.63) is 35.4 Å². The number of hydrogen-bond acceptors (Lipinski definition) is 3. The van der Waals surface area contributed by atoms with Gasteiger partial charge in [-0.3, -0.25) is 14.5 Å². The molecule has 1 saturated heterocycles. The number of hydrogen-bond donors (Lipinski definition) is 1. The van der Waals surface area contributed by atoms with Gasteiger partial charge >= 0.3 is 5.97 Å². The van der Waals surface area contributed by atoms with Crippen LogP contribution in [0.4, 0.5) is 8.78 Å². The second-order valence-corrected chi connectivity index (χ2v) is 5.58. The van der Waals surface area contributed by atoms with Crippen molar-refractivity contribution in [2.45, 2.75) is 25.8 Å². The molecule has 1 aliphatic heterocycles. The van der Waals surface area contributed by atoms with Crippen LogP contribution in [0.1, 0.15) is 30.1 Å². The lowest BCUT2D eigenvalue weighted by atomic mass is 10.0. The van der Waals surface area contributed by atoms with E-state index in [4.69, 9.17) is 5.11 Å². The van der Waals surface area contributed by atoms with Gasteiger partial charge in [0.15, 0.2) is 0 Å². The van der Waals surface area contributed by atoms with Crippen LogP contribution in [0.15, 0.2) is 18.2 Å². The van der Waals surface area contributed by atoms with Crippen LogP contribution in [-0.4, -0.2) is 59.0 Å². The maximum atomic E-state index is 13.7. The van der Waals surface area contributed by atoms with Gasteiger partial charge in [-0.2, -0.15) is 0 Å². The third-order valence-electron chi connectivity index (χ3n) is 4.19. The highest BCUT2D eigenvalue weighted by Gasteiger charge is 2.29. The summed E-state index contributed by atoms with van der Waals surface area (Å²) in [7, 11) is 0. The Morgan fingerprint density at radius 3 is 2.30 bits per heavy atom. The number of carboxylic acid groups (broad SMARTS) is 1. The molecule has 0 radical (unpaired) electrons. The molecular formula is C16H20F2N2O3. The van der Waals surface area contributed by atoms with Crippen molar-refractivity contribution in [2.75, 3.05) is 26.2 Å². The topological polar surface area (TPSA) is 60.9 Å². The zero-order chi connectivity index (χ0) is 17.0. The predicted molar refractivity (Wildman–Crippen MR) is 80.2 cm³/mol. The fraction of sp³-hybridized carbons (Fsp3) is 0.500. The summed E-state index contributed by atoms with van der Waals surface area (Å²) in [4.78, 5) is 26.4. The van der Waals surface area contributed by atoms with Crippen molar-refractivity contribution < 1.29 is 23.5 Å². The molecule has 1 N–H and O–H groups in total. The SMILES string of the molecule is CCN(CC(=O)O)C1CCN(C(=O)c2c(F)cccc2F)CC1. The molecule has 7 heteroatoms. The highest BCUT2D eigenvalue weighted by atomic mass is 19.1. The van der Waals surface area contributed by atoms with Crippen LogP contribution in [0.5, 0.6) is 0 Å². The van der Waals surface area contributed by atoms with Crippen LogP contribution in [0.3, 0.4) is 0 Å². The first-order valence-corrected chi connectivity index (χ1v) is 7.63. The van der Waals surface area contributed by atoms with Gasteiger partial charge in [-0.1, -0.05) is 13.0 Å². The molecule has 2 rings (SSSR count). The molecule has 1 fully saturated rings. The summed E-state index contributed by atoms with van der Waals surface area (Å²) < 4.78 is 27.4. The molecule has 0 unspecified atom stereocenters. The van der Waals surface area contributed by atoms with Crippen molar-refractivity contribution in [1.82, 2.24) is 9.80 Å². The summed E-state index contributed by atoms with van der Waals surface area (Å²) in [6.45, 7) is 3.15. The molecule has 126 valence electrons. The Morgan fingerprint density at radius 1 is 1.26 bits per heavy atom. The molecule has 1 aliphatic rings. The fourth-order valence-electron chi connectivity index (χ4n) is 2.97. The Labute approximate surface area is 133 Å². The quantitative estimate of drug-likeness (QED) is 0.899. The lowest BCUT2D eigenvalue weighted by Gasteiger charge is -2.37. The van der Waals surface area contributed by atoms with Gasteiger partial charge in [-0.05, 0) is 31.5 Å². The van der Waals surface area contributed by atoms with Gasteiger partial charge in [0.2, 0.25) is 0 Å². The number of likely N-dealkylation sites (tertiary alicyclic amines) is 1. The van der Waals surface area contributed by atoms with E-state index < -0.39 is 29.1 Å². The zero-order valence-electron chi connectivity index (χ0n) is 13.0. The van der Waals surface area contributed by atoms with Crippen LogP contribution in [0.25, 0.3) is 0 Å². The van der Waals surface area contributed by atoms with Gasteiger partial charge in [-0.25, -0.2) is 8.78 Å². The molecule has 0 aliphatic carbocycles. The first-order chi connectivity index (χ1) is 10.9. The Balaban J connectivity index is 2.01. The van der Waals surface area contributed by atoms with E-state index in [0.29, 0.717) is 32.5 Å². The molecule has 1 aromatic carbocycles. The number of amides is 1. The predicted octanol–water partition coefficient (Wildman–Crippen LogP) is 1.98. The number of carbonyl (C=O) groups excluding carboxylic acids is 1. The van der Waals surface area contributed by atoms with Gasteiger partial charge < -0.3 is 10.0 Å². The average molecular weight is 326 g/mol. The second kappa shape index (κ2) is 7.50. The van der Waals surface area contributed by atoms with Gasteiger partial charge in [0.1, 0.15) is 17.2 Å². The number of benzene rings is 1. The largest absolute Gasteiger partial charge is 0.480 e. The summed E-state index contributed by atoms with van der Waals surface area (Å²) in [5.74, 6) is -3.27. The maximum absolute atomic E-state index is 13.7. The van der Waals surface area contributed by atoms with Gasteiger partial charge in [0, 0.05) is 19.1 Å². The molecule has 1 amide bonds. The van der Waals surface area contributed by atoms with E-state index in [0.717, 1.165) is 12.1 Å². The van der Waals surface area contributed by atoms with E-state index in [1.807, 2.05) is 11.8 Å². The summed E-state index contributed by atoms with van der Waals surface area (Å²) in [6.07, 6.45) is 1.17. The summed E-state index contributed by atoms with van der Waals surface area (Å²) >= 11 is 0. The minimum Gasteiger partial charge on any atom is -0.480 e. The third-order valence-corrected chi connectivity index (χ3v) is 4.19. The normalized spacial score (nSPS) is 15.9. The zero-order valence-corrected chi connectivity index (χ0v) is 13.0. The molecule has 0 saturated carbocycles. The molecule has 1 aromatic rings. The number of rotatable bonds is 5. The summed E-state index contributed by atoms with van der Waals surface area (Å²) in [6, 6.07) is 3.41. The van der Waals surface area contributed by atoms with Crippen molar-refractivity contribution in [3.63, 3.8) is 0 Å². The number of aliphatic carboxylic acids is 1. The standard InChI is InChI=1S/C16H20F2N2O3/c1-2-19(10-14(21)22)11-6-8-20(9-7-11)16(23)15-12(17)4-3-5-13(15)18/h3-5,11H,2,6-10H2,1H3,(H,21,22). The van der Waals surface area contributed by atoms with E-state index in [2.05, 4.69) is 0 Å². The van der Waals surface area contributed by atoms with Crippen molar-refractivity contribution in [1.29, 1.82) is 0 Å². The van der Waals surface area contributed by atoms with Crippen molar-refractivity contribution in [2.24, 2.45) is 0 Å². The molecule has 5 nitrogen and oxygen atoms in total. The van der Waals surface area contributed by atoms with Gasteiger partial charge in [0.25, 0.3) is 5.91 Å². The molecule has 1 heterocycles. The van der Waals surface area contributed by atoms with E-state index in [1.165, 1.54) is 11.0 Å². The molecule has 0 aromatic heterocycles. The van der Waals surface area contributed by atoms with Crippen LogP contribution in [-0.2, 0) is 4.79 Å². The summed E-state index contributed by atoms with van der Waals surface area (Å²) in [5, 5.41) is 8.91. The maximum Gasteiger partial charge on any atom is 0.317 e. The Bertz CT molecular complexity index is 566. The Kier molecular flexibility index (Phi) is 5.65. The number of carbonyl (C=O) groups is 2. The number of carboxylic acids is 1. The first kappa shape index (κ1) is 17.3. The van der Waals surface area contributed by atoms with E-state index in [9.17, 15) is 18.4 Å². The van der Waals surface area contributed by atoms with Crippen LogP contribution < -0.4 is 0 Å². The van der Waals surface area contributed by atoms with E-state index in [-0.39, 0.29) is 12.6 Å². The van der Waals surface area contributed by atoms with E-state index >= 15 is 0 Å². The van der Waals surface area contributed by atoms with Crippen LogP contribution >= 0.6 is 0 Å². The van der Waals surface area contributed by atoms with Gasteiger partial charge in [0.05, 0.1) is 6.54 Å². The molecule has 23 heavy (non-hydrogen) atoms. The van der Waals surface area contributed by atoms with Crippen molar-refractivity contribution in [3.8, 4) is 0 Å². The fourth-order valence-corrected chi connectivity index (χ4v) is 2.97. The lowest BCUT2D eigenvalue weighted by Crippen LogP contribution is -2.48. The minimum atomic E-state index is -0.890. The lowest BCUT2D eigenvalue weighted by molar-refractivity contribution is -0.139. The highest BCUT2D eigenvalue weighted by molar-refractivity contribution is 5.94. The number of piperidine rings is 1. The molecule has 0 bridgehead atoms. The van der Waals surface area contributed by atoms with Crippen LogP contribution in [0.2, 0.25) is 0 Å². The van der Waals surface area contributed by atoms with Crippen LogP contribution in [0, 0.1) is 11.6 Å². The number of halogens is 2. The number of nitrogens with zero attached hydrogens (tertiary/aromatic N) is 2. The van der Waals surface area contributed by atoms with Crippen molar-refractivity contribution >= 4 is 11.9 Å². The second-order valence-electron chi connectivity index (χ2n) is 5.58.